The summed E-state index contributed by atoms with van der Waals surface area (Å²) in [4.78, 5) is 0. The smallest absolute Gasteiger partial charge is 0 e. The second-order valence-electron chi connectivity index (χ2n) is 0. The fourth-order valence-corrected chi connectivity index (χ4v) is 0. The Kier molecular flexibility index (Phi) is 121. The third-order valence-corrected chi connectivity index (χ3v) is 0. The van der Waals surface area contributed by atoms with Gasteiger partial charge in [0.1, 0.15) is 0 Å². The average molecular weight is 322 g/mol. The topological polar surface area (TPSA) is 0 Å². The van der Waals surface area contributed by atoms with Crippen molar-refractivity contribution < 1.29 is 91.6 Å². The number of hydrogen-bond donors (Lipinski definition) is 0. The van der Waals surface area contributed by atoms with Crippen LogP contribution in [-0.2, 0) is 50.3 Å². The number of hydrogen-bond acceptors (Lipinski definition) is 0. The van der Waals surface area contributed by atoms with Gasteiger partial charge in [0.05, 0.1) is 0 Å². The van der Waals surface area contributed by atoms with Gasteiger partial charge in [-0.15, -0.1) is 0 Å². The summed E-state index contributed by atoms with van der Waals surface area (Å²) in [6, 6.07) is 0. The van der Waals surface area contributed by atoms with Crippen molar-refractivity contribution in [2.24, 2.45) is 0 Å². The Morgan fingerprint density at radius 2 is 1.00 bits per heavy atom. The molecule has 0 aliphatic heterocycles. The largest absolute Gasteiger partial charge is 0 e. The van der Waals surface area contributed by atoms with Crippen molar-refractivity contribution in [3.63, 3.8) is 0 Å². The van der Waals surface area contributed by atoms with Crippen LogP contribution in [0.1, 0.15) is 0 Å². The van der Waals surface area contributed by atoms with E-state index >= 15 is 0 Å². The molecule has 3 radical (unpaired) electrons. The molecular weight excluding hydrogens is 322 g/mol. The Morgan fingerprint density at radius 1 is 1.00 bits per heavy atom. The van der Waals surface area contributed by atoms with Gasteiger partial charge in [0.2, 0.25) is 0 Å². The predicted octanol–water partition coefficient (Wildman–Crippen LogP) is -0.00750. The summed E-state index contributed by atoms with van der Waals surface area (Å²) in [6.07, 6.45) is 0. The molecule has 4 heavy (non-hydrogen) atoms. The van der Waals surface area contributed by atoms with E-state index in [-0.39, 0.29) is 91.6 Å². The quantitative estimate of drug-likeness (QED) is 0.551. The van der Waals surface area contributed by atoms with E-state index in [9.17, 15) is 0 Å². The van der Waals surface area contributed by atoms with Crippen molar-refractivity contribution in [1.82, 2.24) is 0 Å². The van der Waals surface area contributed by atoms with E-state index in [4.69, 9.17) is 0 Å². The summed E-state index contributed by atoms with van der Waals surface area (Å²) < 4.78 is 0. The van der Waals surface area contributed by atoms with Gasteiger partial charge in [0, 0.05) is 91.6 Å². The predicted molar refractivity (Wildman–Crippen MR) is 0 cm³/mol. The molecule has 0 amide bonds. The molecule has 0 aromatic carbocycles. The van der Waals surface area contributed by atoms with Crippen molar-refractivity contribution in [1.29, 1.82) is 0 Å². The van der Waals surface area contributed by atoms with Crippen LogP contribution < -0.4 is 0 Å². The minimum atomic E-state index is 0. The van der Waals surface area contributed by atoms with Crippen molar-refractivity contribution in [3.8, 4) is 0 Å². The summed E-state index contributed by atoms with van der Waals surface area (Å²) >= 11 is 0. The standard InChI is InChI=1S/Co.Cu.Ni.Pr. The fourth-order valence-electron chi connectivity index (χ4n) is 0. The summed E-state index contributed by atoms with van der Waals surface area (Å²) in [5, 5.41) is 0. The third kappa shape index (κ3) is 8.86. The monoisotopic (exact) mass is 321 g/mol. The first-order valence-corrected chi connectivity index (χ1v) is 0. The van der Waals surface area contributed by atoms with Crippen LogP contribution in [-0.4, -0.2) is 0 Å². The molecule has 0 fully saturated rings. The molecule has 0 saturated carbocycles. The molecule has 0 aliphatic rings. The van der Waals surface area contributed by atoms with Gasteiger partial charge in [0.25, 0.3) is 0 Å². The van der Waals surface area contributed by atoms with E-state index in [1.54, 1.807) is 0 Å². The van der Waals surface area contributed by atoms with Gasteiger partial charge < -0.3 is 0 Å². The van der Waals surface area contributed by atoms with Gasteiger partial charge in [-0.25, -0.2) is 0 Å². The summed E-state index contributed by atoms with van der Waals surface area (Å²) in [5.41, 5.74) is 0. The fraction of sp³-hybridized carbons (Fsp3) is 0. The van der Waals surface area contributed by atoms with Crippen molar-refractivity contribution in [2.45, 2.75) is 0 Å². The molecule has 0 atom stereocenters. The molecule has 0 aromatic rings. The molecule has 0 spiro atoms. The first-order chi connectivity index (χ1) is 0. The second kappa shape index (κ2) is 16.9. The van der Waals surface area contributed by atoms with Crippen molar-refractivity contribution >= 4 is 0 Å². The van der Waals surface area contributed by atoms with Crippen LogP contribution in [0.4, 0.5) is 0 Å². The van der Waals surface area contributed by atoms with E-state index in [1.165, 1.54) is 0 Å². The zero-order chi connectivity index (χ0) is 0. The zero-order valence-corrected chi connectivity index (χ0v) is 8.20. The van der Waals surface area contributed by atoms with Crippen LogP contribution in [0.2, 0.25) is 0 Å². The summed E-state index contributed by atoms with van der Waals surface area (Å²) in [7, 11) is 0. The maximum atomic E-state index is 0. The molecule has 0 aliphatic carbocycles. The molecule has 0 unspecified atom stereocenters. The molecule has 0 saturated heterocycles. The van der Waals surface area contributed by atoms with Crippen LogP contribution in [0.5, 0.6) is 0 Å². The average Bonchev–Trinajstić information content (AvgIpc) is 0. The van der Waals surface area contributed by atoms with Crippen LogP contribution in [0, 0.1) is 41.3 Å². The van der Waals surface area contributed by atoms with E-state index in [0.717, 1.165) is 0 Å². The van der Waals surface area contributed by atoms with Crippen LogP contribution >= 0.6 is 0 Å². The third-order valence-electron chi connectivity index (χ3n) is 0. The van der Waals surface area contributed by atoms with E-state index in [2.05, 4.69) is 0 Å². The first-order valence-electron chi connectivity index (χ1n) is 0. The van der Waals surface area contributed by atoms with Gasteiger partial charge in [-0.05, 0) is 0 Å². The van der Waals surface area contributed by atoms with Gasteiger partial charge in [-0.3, -0.25) is 0 Å². The van der Waals surface area contributed by atoms with Crippen molar-refractivity contribution in [3.05, 3.63) is 0 Å². The Bertz CT molecular complexity index is 8.00. The Hall–Kier alpha value is 2.88. The SMILES string of the molecule is [Co].[Cu].[Ni].[Pr]. The minimum Gasteiger partial charge on any atom is 0 e. The molecule has 4 heteroatoms. The molecular formula is CoCuNiPr. The van der Waals surface area contributed by atoms with Gasteiger partial charge in [-0.1, -0.05) is 0 Å². The molecule has 0 heterocycles. The second-order valence-corrected chi connectivity index (χ2v) is 0. The van der Waals surface area contributed by atoms with Crippen LogP contribution in [0.3, 0.4) is 0 Å². The van der Waals surface area contributed by atoms with Gasteiger partial charge in [-0.2, -0.15) is 0 Å². The van der Waals surface area contributed by atoms with Crippen molar-refractivity contribution in [2.75, 3.05) is 0 Å². The van der Waals surface area contributed by atoms with E-state index < -0.39 is 0 Å². The van der Waals surface area contributed by atoms with Crippen LogP contribution in [0.25, 0.3) is 0 Å². The van der Waals surface area contributed by atoms with E-state index in [0.29, 0.717) is 0 Å². The Balaban J connectivity index is 0. The number of rotatable bonds is 0. The molecule has 0 N–H and O–H groups in total. The van der Waals surface area contributed by atoms with Gasteiger partial charge in [0.15, 0.2) is 0 Å². The Labute approximate surface area is 89.8 Å². The molecule has 0 rings (SSSR count). The summed E-state index contributed by atoms with van der Waals surface area (Å²) in [6.45, 7) is 0. The molecule has 33 valence electrons. The molecule has 0 nitrogen and oxygen atoms in total. The van der Waals surface area contributed by atoms with Gasteiger partial charge >= 0.3 is 0 Å². The normalized spacial score (nSPS) is 0. The van der Waals surface area contributed by atoms with Crippen LogP contribution in [0.15, 0.2) is 0 Å². The zero-order valence-electron chi connectivity index (χ0n) is 1.53. The Morgan fingerprint density at radius 3 is 1.00 bits per heavy atom. The van der Waals surface area contributed by atoms with E-state index in [1.807, 2.05) is 0 Å². The maximum absolute atomic E-state index is 0. The summed E-state index contributed by atoms with van der Waals surface area (Å²) in [5.74, 6) is 0. The molecule has 0 bridgehead atoms. The molecule has 0 aromatic heterocycles. The maximum Gasteiger partial charge on any atom is 0 e. The minimum absolute atomic E-state index is 0. The first kappa shape index (κ1) is 28.7.